The smallest absolute Gasteiger partial charge is 0.248 e. The third-order valence-corrected chi connectivity index (χ3v) is 3.44. The number of hydrogen-bond acceptors (Lipinski definition) is 3. The maximum absolute atomic E-state index is 11.2. The van der Waals surface area contributed by atoms with Crippen LogP contribution in [0.15, 0.2) is 60.8 Å². The third kappa shape index (κ3) is 2.72. The number of amides is 1. The predicted molar refractivity (Wildman–Crippen MR) is 86.2 cm³/mol. The van der Waals surface area contributed by atoms with Crippen molar-refractivity contribution in [1.29, 1.82) is 0 Å². The number of nitrogens with zero attached hydrogens (tertiary/aromatic N) is 2. The van der Waals surface area contributed by atoms with E-state index in [0.717, 1.165) is 28.2 Å². The normalized spacial score (nSPS) is 10.4. The van der Waals surface area contributed by atoms with Crippen LogP contribution in [0.3, 0.4) is 0 Å². The minimum atomic E-state index is -0.435. The highest BCUT2D eigenvalue weighted by atomic mass is 16.1. The lowest BCUT2D eigenvalue weighted by molar-refractivity contribution is 0.100. The number of rotatable bonds is 3. The second-order valence-corrected chi connectivity index (χ2v) is 4.99. The van der Waals surface area contributed by atoms with Crippen molar-refractivity contribution >= 4 is 5.91 Å². The molecule has 0 aliphatic rings. The predicted octanol–water partition coefficient (Wildman–Crippen LogP) is 3.22. The van der Waals surface area contributed by atoms with Crippen molar-refractivity contribution in [2.75, 3.05) is 0 Å². The Bertz CT molecular complexity index is 811. The van der Waals surface area contributed by atoms with Gasteiger partial charge in [0.2, 0.25) is 5.91 Å². The molecule has 3 aromatic rings. The van der Waals surface area contributed by atoms with Crippen molar-refractivity contribution in [3.63, 3.8) is 0 Å². The number of aromatic nitrogens is 2. The Kier molecular flexibility index (Phi) is 3.66. The fraction of sp³-hybridized carbons (Fsp3) is 0.0556. The number of primary amides is 1. The quantitative estimate of drug-likeness (QED) is 0.805. The Balaban J connectivity index is 2.13. The summed E-state index contributed by atoms with van der Waals surface area (Å²) in [6.45, 7) is 1.87. The lowest BCUT2D eigenvalue weighted by Gasteiger charge is -2.10. The molecule has 0 atom stereocenters. The molecule has 1 heterocycles. The maximum Gasteiger partial charge on any atom is 0.248 e. The largest absolute Gasteiger partial charge is 0.366 e. The van der Waals surface area contributed by atoms with Gasteiger partial charge in [0.1, 0.15) is 5.82 Å². The van der Waals surface area contributed by atoms with E-state index in [1.807, 2.05) is 55.6 Å². The molecule has 1 amide bonds. The van der Waals surface area contributed by atoms with Gasteiger partial charge in [-0.15, -0.1) is 0 Å². The highest BCUT2D eigenvalue weighted by molar-refractivity contribution is 5.93. The minimum Gasteiger partial charge on any atom is -0.366 e. The zero-order valence-corrected chi connectivity index (χ0v) is 12.2. The van der Waals surface area contributed by atoms with E-state index in [1.165, 1.54) is 0 Å². The molecule has 4 nitrogen and oxygen atoms in total. The fourth-order valence-corrected chi connectivity index (χ4v) is 2.31. The van der Waals surface area contributed by atoms with E-state index >= 15 is 0 Å². The second kappa shape index (κ2) is 5.77. The van der Waals surface area contributed by atoms with Crippen molar-refractivity contribution < 1.29 is 4.79 Å². The van der Waals surface area contributed by atoms with Gasteiger partial charge in [0.05, 0.1) is 5.69 Å². The molecule has 0 saturated carbocycles. The van der Waals surface area contributed by atoms with Crippen LogP contribution in [0.2, 0.25) is 0 Å². The lowest BCUT2D eigenvalue weighted by Crippen LogP contribution is -2.10. The van der Waals surface area contributed by atoms with E-state index in [0.29, 0.717) is 5.56 Å². The van der Waals surface area contributed by atoms with Gasteiger partial charge < -0.3 is 5.73 Å². The number of benzene rings is 2. The molecule has 0 spiro atoms. The van der Waals surface area contributed by atoms with E-state index in [4.69, 9.17) is 5.73 Å². The summed E-state index contributed by atoms with van der Waals surface area (Å²) >= 11 is 0. The number of nitrogens with two attached hydrogens (primary N) is 1. The first-order chi connectivity index (χ1) is 10.6. The number of aryl methyl sites for hydroxylation is 1. The molecule has 22 heavy (non-hydrogen) atoms. The molecule has 2 aromatic carbocycles. The Labute approximate surface area is 128 Å². The molecule has 1 aromatic heterocycles. The van der Waals surface area contributed by atoms with Crippen LogP contribution in [0.25, 0.3) is 22.4 Å². The van der Waals surface area contributed by atoms with Gasteiger partial charge in [0.25, 0.3) is 0 Å². The van der Waals surface area contributed by atoms with Crippen LogP contribution in [-0.2, 0) is 0 Å². The molecule has 0 fully saturated rings. The number of hydrogen-bond donors (Lipinski definition) is 1. The van der Waals surface area contributed by atoms with Crippen molar-refractivity contribution in [3.05, 3.63) is 72.2 Å². The topological polar surface area (TPSA) is 68.9 Å². The van der Waals surface area contributed by atoms with Gasteiger partial charge >= 0.3 is 0 Å². The van der Waals surface area contributed by atoms with Crippen LogP contribution >= 0.6 is 0 Å². The van der Waals surface area contributed by atoms with E-state index in [1.54, 1.807) is 12.1 Å². The summed E-state index contributed by atoms with van der Waals surface area (Å²) in [5.41, 5.74) is 9.54. The third-order valence-electron chi connectivity index (χ3n) is 3.44. The highest BCUT2D eigenvalue weighted by Crippen LogP contribution is 2.30. The summed E-state index contributed by atoms with van der Waals surface area (Å²) in [4.78, 5) is 20.1. The van der Waals surface area contributed by atoms with E-state index in [9.17, 15) is 4.79 Å². The summed E-state index contributed by atoms with van der Waals surface area (Å²) in [6.07, 6.45) is 1.81. The molecular weight excluding hydrogens is 274 g/mol. The van der Waals surface area contributed by atoms with Crippen molar-refractivity contribution in [1.82, 2.24) is 9.97 Å². The second-order valence-electron chi connectivity index (χ2n) is 4.99. The lowest BCUT2D eigenvalue weighted by atomic mass is 9.99. The minimum absolute atomic E-state index is 0.435. The van der Waals surface area contributed by atoms with Crippen molar-refractivity contribution in [2.24, 2.45) is 5.73 Å². The summed E-state index contributed by atoms with van der Waals surface area (Å²) in [6, 6.07) is 17.1. The summed E-state index contributed by atoms with van der Waals surface area (Å²) < 4.78 is 0. The highest BCUT2D eigenvalue weighted by Gasteiger charge is 2.11. The zero-order chi connectivity index (χ0) is 15.5. The van der Waals surface area contributed by atoms with Crippen LogP contribution in [-0.4, -0.2) is 15.9 Å². The van der Waals surface area contributed by atoms with Gasteiger partial charge in [0, 0.05) is 22.9 Å². The molecule has 4 heteroatoms. The molecule has 0 aliphatic carbocycles. The van der Waals surface area contributed by atoms with Crippen LogP contribution < -0.4 is 5.73 Å². The number of carbonyl (C=O) groups excluding carboxylic acids is 1. The average Bonchev–Trinajstić information content (AvgIpc) is 2.56. The van der Waals surface area contributed by atoms with E-state index in [2.05, 4.69) is 9.97 Å². The first kappa shape index (κ1) is 13.9. The molecule has 2 N–H and O–H groups in total. The van der Waals surface area contributed by atoms with Crippen molar-refractivity contribution in [3.8, 4) is 22.4 Å². The first-order valence-electron chi connectivity index (χ1n) is 6.94. The van der Waals surface area contributed by atoms with E-state index < -0.39 is 5.91 Å². The van der Waals surface area contributed by atoms with Gasteiger partial charge in [0.15, 0.2) is 0 Å². The molecule has 0 bridgehead atoms. The van der Waals surface area contributed by atoms with Gasteiger partial charge in [-0.05, 0) is 24.6 Å². The van der Waals surface area contributed by atoms with Crippen LogP contribution in [0.1, 0.15) is 16.2 Å². The van der Waals surface area contributed by atoms with E-state index in [-0.39, 0.29) is 0 Å². The Morgan fingerprint density at radius 3 is 2.27 bits per heavy atom. The summed E-state index contributed by atoms with van der Waals surface area (Å²) in [5, 5.41) is 0. The Morgan fingerprint density at radius 2 is 1.64 bits per heavy atom. The molecule has 0 aliphatic heterocycles. The summed E-state index contributed by atoms with van der Waals surface area (Å²) in [7, 11) is 0. The van der Waals surface area contributed by atoms with Gasteiger partial charge in [-0.1, -0.05) is 42.5 Å². The maximum atomic E-state index is 11.2. The standard InChI is InChI=1S/C18H15N3O/c1-12-20-11-16(13-7-9-15(10-8-13)18(19)22)17(21-12)14-5-3-2-4-6-14/h2-11H,1H3,(H2,19,22). The van der Waals surface area contributed by atoms with Crippen molar-refractivity contribution in [2.45, 2.75) is 6.92 Å². The molecule has 0 saturated heterocycles. The Morgan fingerprint density at radius 1 is 0.955 bits per heavy atom. The first-order valence-corrected chi connectivity index (χ1v) is 6.94. The van der Waals surface area contributed by atoms with Gasteiger partial charge in [-0.3, -0.25) is 4.79 Å². The van der Waals surface area contributed by atoms with Crippen LogP contribution in [0.5, 0.6) is 0 Å². The van der Waals surface area contributed by atoms with Gasteiger partial charge in [-0.2, -0.15) is 0 Å². The number of carbonyl (C=O) groups is 1. The average molecular weight is 289 g/mol. The van der Waals surface area contributed by atoms with Gasteiger partial charge in [-0.25, -0.2) is 9.97 Å². The van der Waals surface area contributed by atoms with Crippen LogP contribution in [0, 0.1) is 6.92 Å². The molecule has 108 valence electrons. The fourth-order valence-electron chi connectivity index (χ4n) is 2.31. The molecule has 0 radical (unpaired) electrons. The monoisotopic (exact) mass is 289 g/mol. The molecule has 3 rings (SSSR count). The Hall–Kier alpha value is -3.01. The van der Waals surface area contributed by atoms with Crippen LogP contribution in [0.4, 0.5) is 0 Å². The molecule has 0 unspecified atom stereocenters. The summed E-state index contributed by atoms with van der Waals surface area (Å²) in [5.74, 6) is 0.284. The SMILES string of the molecule is Cc1ncc(-c2ccc(C(N)=O)cc2)c(-c2ccccc2)n1. The zero-order valence-electron chi connectivity index (χ0n) is 12.2. The molecular formula is C18H15N3O.